The summed E-state index contributed by atoms with van der Waals surface area (Å²) in [4.78, 5) is 0.711. The van der Waals surface area contributed by atoms with Crippen LogP contribution in [-0.4, -0.2) is 15.2 Å². The topological polar surface area (TPSA) is 47.3 Å². The normalized spacial score (nSPS) is 10.5. The van der Waals surface area contributed by atoms with Crippen LogP contribution < -0.4 is 4.74 Å². The fraction of sp³-hybridized carbons (Fsp3) is 0.250. The zero-order chi connectivity index (χ0) is 12.3. The van der Waals surface area contributed by atoms with Crippen LogP contribution in [0.3, 0.4) is 0 Å². The van der Waals surface area contributed by atoms with E-state index < -0.39 is 0 Å². The van der Waals surface area contributed by atoms with Gasteiger partial charge in [-0.3, -0.25) is 0 Å². The van der Waals surface area contributed by atoms with Gasteiger partial charge in [0, 0.05) is 16.7 Å². The Hall–Kier alpha value is -1.68. The molecule has 17 heavy (non-hydrogen) atoms. The minimum absolute atomic E-state index is 0.347. The molecule has 0 spiro atoms. The number of aryl methyl sites for hydroxylation is 1. The van der Waals surface area contributed by atoms with Gasteiger partial charge in [-0.25, -0.2) is 0 Å². The second kappa shape index (κ2) is 5.10. The second-order valence-electron chi connectivity index (χ2n) is 3.59. The predicted octanol–water partition coefficient (Wildman–Crippen LogP) is 2.92. The smallest absolute Gasteiger partial charge is 0.236 e. The number of nitrogens with zero attached hydrogens (tertiary/aromatic N) is 2. The maximum Gasteiger partial charge on any atom is 0.236 e. The van der Waals surface area contributed by atoms with Crippen molar-refractivity contribution in [3.05, 3.63) is 46.6 Å². The molecule has 4 nitrogen and oxygen atoms in total. The number of benzene rings is 1. The molecule has 0 saturated heterocycles. The van der Waals surface area contributed by atoms with Gasteiger partial charge in [-0.05, 0) is 18.1 Å². The Balaban J connectivity index is 2.13. The number of halogens is 1. The lowest BCUT2D eigenvalue weighted by atomic mass is 10.1. The van der Waals surface area contributed by atoms with Gasteiger partial charge in [0.25, 0.3) is 0 Å². The van der Waals surface area contributed by atoms with Gasteiger partial charge in [0.1, 0.15) is 6.61 Å². The van der Waals surface area contributed by atoms with E-state index in [9.17, 15) is 0 Å². The van der Waals surface area contributed by atoms with Crippen molar-refractivity contribution >= 4 is 11.6 Å². The van der Waals surface area contributed by atoms with E-state index >= 15 is 0 Å². The highest BCUT2D eigenvalue weighted by Gasteiger charge is 2.07. The summed E-state index contributed by atoms with van der Waals surface area (Å²) < 4.78 is 5.46. The summed E-state index contributed by atoms with van der Waals surface area (Å²) in [7, 11) is 0. The van der Waals surface area contributed by atoms with Gasteiger partial charge in [0.15, 0.2) is 0 Å². The predicted molar refractivity (Wildman–Crippen MR) is 64.6 cm³/mol. The molecule has 90 valence electrons. The maximum atomic E-state index is 9.01. The molecule has 5 heteroatoms. The van der Waals surface area contributed by atoms with E-state index in [2.05, 4.69) is 12.0 Å². The van der Waals surface area contributed by atoms with E-state index in [1.54, 1.807) is 6.07 Å². The largest absolute Gasteiger partial charge is 0.472 e. The van der Waals surface area contributed by atoms with Crippen LogP contribution in [0.15, 0.2) is 30.5 Å². The van der Waals surface area contributed by atoms with Crippen LogP contribution in [0.5, 0.6) is 5.88 Å². The van der Waals surface area contributed by atoms with Crippen molar-refractivity contribution in [3.8, 4) is 5.88 Å². The average molecular weight is 253 g/mol. The summed E-state index contributed by atoms with van der Waals surface area (Å²) in [6.45, 7) is 2.41. The van der Waals surface area contributed by atoms with Crippen molar-refractivity contribution < 1.29 is 9.94 Å². The maximum absolute atomic E-state index is 9.01. The molecule has 0 fully saturated rings. The first-order valence-corrected chi connectivity index (χ1v) is 5.72. The lowest BCUT2D eigenvalue weighted by molar-refractivity contribution is 0.141. The third-order valence-electron chi connectivity index (χ3n) is 2.51. The summed E-state index contributed by atoms with van der Waals surface area (Å²) in [5, 5.41) is 13.4. The van der Waals surface area contributed by atoms with Crippen molar-refractivity contribution in [1.29, 1.82) is 0 Å². The monoisotopic (exact) mass is 252 g/mol. The SMILES string of the molecule is CCc1cccc(Cl)c1COc1ccn(O)n1. The molecule has 2 rings (SSSR count). The van der Waals surface area contributed by atoms with Crippen LogP contribution >= 0.6 is 11.6 Å². The summed E-state index contributed by atoms with van der Waals surface area (Å²) in [5.41, 5.74) is 2.12. The minimum Gasteiger partial charge on any atom is -0.472 e. The Morgan fingerprint density at radius 3 is 2.88 bits per heavy atom. The third kappa shape index (κ3) is 2.71. The number of rotatable bonds is 4. The number of hydrogen-bond acceptors (Lipinski definition) is 3. The van der Waals surface area contributed by atoms with Gasteiger partial charge in [0.05, 0.1) is 6.20 Å². The van der Waals surface area contributed by atoms with E-state index in [0.29, 0.717) is 22.4 Å². The molecule has 1 N–H and O–H groups in total. The molecular formula is C12H13ClN2O2. The van der Waals surface area contributed by atoms with Gasteiger partial charge >= 0.3 is 0 Å². The van der Waals surface area contributed by atoms with E-state index in [4.69, 9.17) is 21.5 Å². The van der Waals surface area contributed by atoms with Crippen molar-refractivity contribution in [2.24, 2.45) is 0 Å². The van der Waals surface area contributed by atoms with Crippen LogP contribution in [-0.2, 0) is 13.0 Å². The van der Waals surface area contributed by atoms with Crippen molar-refractivity contribution in [1.82, 2.24) is 9.94 Å². The zero-order valence-corrected chi connectivity index (χ0v) is 10.2. The number of hydrogen-bond donors (Lipinski definition) is 1. The fourth-order valence-electron chi connectivity index (χ4n) is 1.62. The molecule has 0 bridgehead atoms. The molecule has 0 unspecified atom stereocenters. The Morgan fingerprint density at radius 2 is 2.24 bits per heavy atom. The van der Waals surface area contributed by atoms with E-state index in [1.165, 1.54) is 6.20 Å². The molecular weight excluding hydrogens is 240 g/mol. The zero-order valence-electron chi connectivity index (χ0n) is 9.43. The summed E-state index contributed by atoms with van der Waals surface area (Å²) in [6, 6.07) is 7.37. The van der Waals surface area contributed by atoms with E-state index in [1.807, 2.05) is 18.2 Å². The molecule has 0 aliphatic heterocycles. The molecule has 0 aliphatic rings. The van der Waals surface area contributed by atoms with Crippen LogP contribution in [0.4, 0.5) is 0 Å². The first-order valence-electron chi connectivity index (χ1n) is 5.34. The molecule has 1 aromatic carbocycles. The van der Waals surface area contributed by atoms with Gasteiger partial charge in [-0.2, -0.15) is 0 Å². The van der Waals surface area contributed by atoms with Crippen molar-refractivity contribution in [2.75, 3.05) is 0 Å². The van der Waals surface area contributed by atoms with Gasteiger partial charge < -0.3 is 9.94 Å². The molecule has 0 amide bonds. The standard InChI is InChI=1S/C12H13ClN2O2/c1-2-9-4-3-5-11(13)10(9)8-17-12-6-7-15(16)14-12/h3-7,16H,2,8H2,1H3. The molecule has 1 heterocycles. The van der Waals surface area contributed by atoms with Gasteiger partial charge in [-0.1, -0.05) is 35.8 Å². The molecule has 1 aromatic heterocycles. The Kier molecular flexibility index (Phi) is 3.54. The Bertz CT molecular complexity index is 511. The summed E-state index contributed by atoms with van der Waals surface area (Å²) in [6.07, 6.45) is 2.30. The highest BCUT2D eigenvalue weighted by atomic mass is 35.5. The lowest BCUT2D eigenvalue weighted by Gasteiger charge is -2.10. The highest BCUT2D eigenvalue weighted by molar-refractivity contribution is 6.31. The van der Waals surface area contributed by atoms with Crippen molar-refractivity contribution in [2.45, 2.75) is 20.0 Å². The molecule has 0 atom stereocenters. The Morgan fingerprint density at radius 1 is 1.41 bits per heavy atom. The third-order valence-corrected chi connectivity index (χ3v) is 2.87. The molecule has 0 aliphatic carbocycles. The van der Waals surface area contributed by atoms with Crippen LogP contribution in [0.25, 0.3) is 0 Å². The second-order valence-corrected chi connectivity index (χ2v) is 4.00. The number of ether oxygens (including phenoxy) is 1. The quantitative estimate of drug-likeness (QED) is 0.851. The first-order chi connectivity index (χ1) is 8.20. The first kappa shape index (κ1) is 11.8. The summed E-state index contributed by atoms with van der Waals surface area (Å²) >= 11 is 6.12. The summed E-state index contributed by atoms with van der Waals surface area (Å²) in [5.74, 6) is 0.370. The Labute approximate surface area is 104 Å². The fourth-order valence-corrected chi connectivity index (χ4v) is 1.87. The van der Waals surface area contributed by atoms with E-state index in [0.717, 1.165) is 17.5 Å². The van der Waals surface area contributed by atoms with E-state index in [-0.39, 0.29) is 0 Å². The van der Waals surface area contributed by atoms with Gasteiger partial charge in [-0.15, -0.1) is 4.85 Å². The van der Waals surface area contributed by atoms with Crippen LogP contribution in [0.2, 0.25) is 5.02 Å². The lowest BCUT2D eigenvalue weighted by Crippen LogP contribution is -2.01. The average Bonchev–Trinajstić information content (AvgIpc) is 2.73. The van der Waals surface area contributed by atoms with Gasteiger partial charge in [0.2, 0.25) is 5.88 Å². The minimum atomic E-state index is 0.347. The van der Waals surface area contributed by atoms with Crippen molar-refractivity contribution in [3.63, 3.8) is 0 Å². The van der Waals surface area contributed by atoms with Crippen LogP contribution in [0.1, 0.15) is 18.1 Å². The highest BCUT2D eigenvalue weighted by Crippen LogP contribution is 2.22. The molecule has 2 aromatic rings. The molecule has 0 radical (unpaired) electrons. The van der Waals surface area contributed by atoms with Crippen LogP contribution in [0, 0.1) is 0 Å². The molecule has 0 saturated carbocycles. The number of aromatic nitrogens is 2.